The van der Waals surface area contributed by atoms with Gasteiger partial charge in [-0.3, -0.25) is 4.79 Å². The smallest absolute Gasteiger partial charge is 0.256 e. The van der Waals surface area contributed by atoms with Crippen molar-refractivity contribution in [1.82, 2.24) is 5.32 Å². The molecule has 144 valence electrons. The minimum atomic E-state index is -0.461. The van der Waals surface area contributed by atoms with Crippen LogP contribution in [0.1, 0.15) is 59.7 Å². The van der Waals surface area contributed by atoms with Gasteiger partial charge in [-0.2, -0.15) is 0 Å². The molecule has 0 fully saturated rings. The molecule has 0 saturated heterocycles. The number of phenols is 1. The molecule has 7 heteroatoms. The van der Waals surface area contributed by atoms with E-state index in [1.807, 2.05) is 6.07 Å². The molecule has 4 rings (SSSR count). The quantitative estimate of drug-likeness (QED) is 0.439. The molecule has 3 N–H and O–H groups in total. The van der Waals surface area contributed by atoms with Gasteiger partial charge >= 0.3 is 0 Å². The molecule has 4 nitrogen and oxygen atoms in total. The third kappa shape index (κ3) is 3.42. The zero-order chi connectivity index (χ0) is 19.5. The highest BCUT2D eigenvalue weighted by Crippen LogP contribution is 2.47. The second kappa shape index (κ2) is 6.78. The molecule has 0 bridgehead atoms. The number of thiophene rings is 1. The lowest BCUT2D eigenvalue weighted by atomic mass is 9.72. The van der Waals surface area contributed by atoms with E-state index in [0.717, 1.165) is 34.3 Å². The van der Waals surface area contributed by atoms with E-state index in [-0.39, 0.29) is 17.1 Å². The van der Waals surface area contributed by atoms with Crippen LogP contribution in [0.15, 0.2) is 21.1 Å². The predicted octanol–water partition coefficient (Wildman–Crippen LogP) is 5.98. The Hall–Kier alpha value is -1.05. The number of nitrogens with one attached hydrogen (secondary N) is 2. The van der Waals surface area contributed by atoms with Crippen LogP contribution >= 0.6 is 43.2 Å². The Kier molecular flexibility index (Phi) is 4.84. The van der Waals surface area contributed by atoms with Crippen molar-refractivity contribution in [1.29, 1.82) is 0 Å². The van der Waals surface area contributed by atoms with E-state index in [4.69, 9.17) is 0 Å². The Morgan fingerprint density at radius 3 is 2.67 bits per heavy atom. The van der Waals surface area contributed by atoms with Gasteiger partial charge in [0.05, 0.1) is 10.0 Å². The van der Waals surface area contributed by atoms with Crippen molar-refractivity contribution >= 4 is 54.1 Å². The summed E-state index contributed by atoms with van der Waals surface area (Å²) in [5, 5.41) is 17.8. The number of halogens is 2. The second-order valence-electron chi connectivity index (χ2n) is 8.39. The summed E-state index contributed by atoms with van der Waals surface area (Å²) >= 11 is 8.51. The molecule has 1 aromatic heterocycles. The topological polar surface area (TPSA) is 61.4 Å². The lowest BCUT2D eigenvalue weighted by Gasteiger charge is -2.34. The first-order valence-corrected chi connectivity index (χ1v) is 11.4. The molecule has 1 aromatic carbocycles. The fourth-order valence-electron chi connectivity index (χ4n) is 4.00. The molecular weight excluding hydrogens is 492 g/mol. The number of hydrogen-bond donors (Lipinski definition) is 3. The summed E-state index contributed by atoms with van der Waals surface area (Å²) < 4.78 is 1.43. The van der Waals surface area contributed by atoms with Crippen LogP contribution in [0.25, 0.3) is 0 Å². The van der Waals surface area contributed by atoms with Gasteiger partial charge < -0.3 is 15.7 Å². The Balaban J connectivity index is 1.69. The van der Waals surface area contributed by atoms with Crippen LogP contribution in [0, 0.1) is 11.3 Å². The third-order valence-electron chi connectivity index (χ3n) is 5.64. The van der Waals surface area contributed by atoms with Crippen molar-refractivity contribution in [3.63, 3.8) is 0 Å². The molecule has 1 aliphatic carbocycles. The normalized spacial score (nSPS) is 21.9. The molecule has 0 unspecified atom stereocenters. The maximum atomic E-state index is 12.9. The maximum Gasteiger partial charge on any atom is 0.256 e. The fraction of sp³-hybridized carbons (Fsp3) is 0.450. The lowest BCUT2D eigenvalue weighted by Crippen LogP contribution is -2.38. The van der Waals surface area contributed by atoms with Crippen LogP contribution in [-0.2, 0) is 12.8 Å². The Bertz CT molecular complexity index is 933. The average molecular weight is 514 g/mol. The van der Waals surface area contributed by atoms with E-state index in [2.05, 4.69) is 63.3 Å². The SMILES string of the molecule is CC(C)(C)[C@H]1CCc2c(sc3c2C(=O)N[C@@H](c2cc(Br)cc(Br)c2O)N3)C1. The van der Waals surface area contributed by atoms with Gasteiger partial charge in [0.15, 0.2) is 0 Å². The number of carbonyl (C=O) groups excluding carboxylic acids is 1. The molecule has 0 saturated carbocycles. The largest absolute Gasteiger partial charge is 0.506 e. The number of hydrogen-bond acceptors (Lipinski definition) is 4. The molecule has 1 amide bonds. The third-order valence-corrected chi connectivity index (χ3v) is 7.88. The Morgan fingerprint density at radius 2 is 1.96 bits per heavy atom. The van der Waals surface area contributed by atoms with Crippen LogP contribution in [0.5, 0.6) is 5.75 Å². The standard InChI is InChI=1S/C20H22Br2N2O2S/c1-20(2,3)9-4-5-11-14(6-9)27-19-15(11)18(26)23-17(24-19)12-7-10(21)8-13(22)16(12)25/h7-9,17,24-25H,4-6H2,1-3H3,(H,23,26)/t9-,17+/m0/s1. The molecule has 2 heterocycles. The van der Waals surface area contributed by atoms with Crippen molar-refractivity contribution in [2.45, 2.75) is 46.2 Å². The van der Waals surface area contributed by atoms with E-state index in [1.165, 1.54) is 10.4 Å². The minimum Gasteiger partial charge on any atom is -0.506 e. The second-order valence-corrected chi connectivity index (χ2v) is 11.3. The number of fused-ring (bicyclic) bond motifs is 3. The van der Waals surface area contributed by atoms with Crippen molar-refractivity contribution < 1.29 is 9.90 Å². The van der Waals surface area contributed by atoms with Gasteiger partial charge in [0.25, 0.3) is 5.91 Å². The molecule has 27 heavy (non-hydrogen) atoms. The van der Waals surface area contributed by atoms with Crippen LogP contribution in [0.3, 0.4) is 0 Å². The van der Waals surface area contributed by atoms with Gasteiger partial charge in [0.2, 0.25) is 0 Å². The van der Waals surface area contributed by atoms with E-state index < -0.39 is 6.17 Å². The van der Waals surface area contributed by atoms with E-state index in [9.17, 15) is 9.90 Å². The summed E-state index contributed by atoms with van der Waals surface area (Å²) in [4.78, 5) is 14.2. The van der Waals surface area contributed by atoms with Crippen LogP contribution < -0.4 is 10.6 Å². The summed E-state index contributed by atoms with van der Waals surface area (Å²) in [5.41, 5.74) is 2.91. The number of amides is 1. The summed E-state index contributed by atoms with van der Waals surface area (Å²) in [6, 6.07) is 3.61. The lowest BCUT2D eigenvalue weighted by molar-refractivity contribution is 0.0934. The average Bonchev–Trinajstić information content (AvgIpc) is 2.95. The van der Waals surface area contributed by atoms with Crippen LogP contribution in [0.4, 0.5) is 5.00 Å². The monoisotopic (exact) mass is 512 g/mol. The Morgan fingerprint density at radius 1 is 1.22 bits per heavy atom. The Labute approximate surface area is 180 Å². The van der Waals surface area contributed by atoms with E-state index in [0.29, 0.717) is 16.0 Å². The molecular formula is C20H22Br2N2O2S. The van der Waals surface area contributed by atoms with Gasteiger partial charge in [-0.15, -0.1) is 11.3 Å². The number of benzene rings is 1. The first-order valence-electron chi connectivity index (χ1n) is 9.05. The zero-order valence-corrected chi connectivity index (χ0v) is 19.4. The fourth-order valence-corrected chi connectivity index (χ4v) is 6.61. The summed E-state index contributed by atoms with van der Waals surface area (Å²) in [7, 11) is 0. The zero-order valence-electron chi connectivity index (χ0n) is 15.5. The molecule has 0 spiro atoms. The number of phenolic OH excluding ortho intramolecular Hbond substituents is 1. The van der Waals surface area contributed by atoms with Gasteiger partial charge in [0, 0.05) is 14.9 Å². The highest BCUT2D eigenvalue weighted by atomic mass is 79.9. The summed E-state index contributed by atoms with van der Waals surface area (Å²) in [6.07, 6.45) is 2.65. The minimum absolute atomic E-state index is 0.0593. The first kappa shape index (κ1) is 19.3. The van der Waals surface area contributed by atoms with Gasteiger partial charge in [-0.1, -0.05) is 36.7 Å². The number of rotatable bonds is 1. The number of anilines is 1. The van der Waals surface area contributed by atoms with E-state index in [1.54, 1.807) is 17.4 Å². The van der Waals surface area contributed by atoms with Crippen molar-refractivity contribution in [3.05, 3.63) is 42.6 Å². The van der Waals surface area contributed by atoms with Crippen molar-refractivity contribution in [2.75, 3.05) is 5.32 Å². The number of aromatic hydroxyl groups is 1. The predicted molar refractivity (Wildman–Crippen MR) is 117 cm³/mol. The van der Waals surface area contributed by atoms with Crippen LogP contribution in [0.2, 0.25) is 0 Å². The molecule has 1 aliphatic heterocycles. The van der Waals surface area contributed by atoms with Gasteiger partial charge in [0.1, 0.15) is 16.9 Å². The van der Waals surface area contributed by atoms with E-state index >= 15 is 0 Å². The van der Waals surface area contributed by atoms with Crippen LogP contribution in [-0.4, -0.2) is 11.0 Å². The van der Waals surface area contributed by atoms with Crippen molar-refractivity contribution in [2.24, 2.45) is 11.3 Å². The van der Waals surface area contributed by atoms with Gasteiger partial charge in [-0.25, -0.2) is 0 Å². The van der Waals surface area contributed by atoms with Crippen molar-refractivity contribution in [3.8, 4) is 5.75 Å². The maximum absolute atomic E-state index is 12.9. The first-order chi connectivity index (χ1) is 12.6. The highest BCUT2D eigenvalue weighted by molar-refractivity contribution is 9.11. The molecule has 2 aromatic rings. The number of carbonyl (C=O) groups is 1. The summed E-state index contributed by atoms with van der Waals surface area (Å²) in [6.45, 7) is 6.89. The molecule has 0 radical (unpaired) electrons. The van der Waals surface area contributed by atoms with Gasteiger partial charge in [-0.05, 0) is 64.2 Å². The summed E-state index contributed by atoms with van der Waals surface area (Å²) in [5.74, 6) is 0.707. The highest BCUT2D eigenvalue weighted by Gasteiger charge is 2.37. The molecule has 2 atom stereocenters. The molecule has 2 aliphatic rings.